The molecule has 2 N–H and O–H groups in total. The number of ether oxygens (including phenoxy) is 2. The van der Waals surface area contributed by atoms with Crippen LogP contribution in [-0.4, -0.2) is 19.8 Å². The first kappa shape index (κ1) is 15.9. The van der Waals surface area contributed by atoms with Crippen molar-refractivity contribution in [3.8, 4) is 11.5 Å². The van der Waals surface area contributed by atoms with Gasteiger partial charge < -0.3 is 15.2 Å². The van der Waals surface area contributed by atoms with E-state index in [2.05, 4.69) is 30.5 Å². The average molecular weight is 305 g/mol. The van der Waals surface area contributed by atoms with Gasteiger partial charge in [0.15, 0.2) is 11.5 Å². The van der Waals surface area contributed by atoms with Crippen molar-refractivity contribution in [3.63, 3.8) is 0 Å². The molecule has 2 rings (SSSR count). The predicted molar refractivity (Wildman–Crippen MR) is 88.5 cm³/mol. The fourth-order valence-corrected chi connectivity index (χ4v) is 3.12. The molecular formula is C17H23NO2S. The maximum Gasteiger partial charge on any atom is 0.160 e. The smallest absolute Gasteiger partial charge is 0.160 e. The Hall–Kier alpha value is -1.52. The third-order valence-electron chi connectivity index (χ3n) is 3.58. The zero-order valence-electron chi connectivity index (χ0n) is 12.9. The monoisotopic (exact) mass is 305 g/mol. The van der Waals surface area contributed by atoms with E-state index in [1.807, 2.05) is 12.1 Å². The molecule has 0 aliphatic rings. The molecule has 114 valence electrons. The van der Waals surface area contributed by atoms with Crippen LogP contribution >= 0.6 is 11.3 Å². The fourth-order valence-electron chi connectivity index (χ4n) is 2.41. The molecule has 1 aromatic carbocycles. The average Bonchev–Trinajstić information content (AvgIpc) is 2.98. The van der Waals surface area contributed by atoms with Crippen molar-refractivity contribution in [2.75, 3.05) is 14.2 Å². The summed E-state index contributed by atoms with van der Waals surface area (Å²) in [6.45, 7) is 2.11. The first-order valence-electron chi connectivity index (χ1n) is 7.06. The summed E-state index contributed by atoms with van der Waals surface area (Å²) in [6, 6.07) is 10.2. The fraction of sp³-hybridized carbons (Fsp3) is 0.412. The summed E-state index contributed by atoms with van der Waals surface area (Å²) in [7, 11) is 3.30. The minimum atomic E-state index is -0.233. The van der Waals surface area contributed by atoms with Crippen molar-refractivity contribution in [2.24, 2.45) is 5.73 Å². The lowest BCUT2D eigenvalue weighted by Gasteiger charge is -2.25. The summed E-state index contributed by atoms with van der Waals surface area (Å²) < 4.78 is 10.6. The van der Waals surface area contributed by atoms with Crippen molar-refractivity contribution in [1.29, 1.82) is 0 Å². The Labute approximate surface area is 130 Å². The second-order valence-corrected chi connectivity index (χ2v) is 6.63. The lowest BCUT2D eigenvalue weighted by Crippen LogP contribution is -2.39. The SMILES string of the molecule is COc1ccc(CC(C)(N)CCc2cccs2)cc1OC. The number of benzene rings is 1. The van der Waals surface area contributed by atoms with E-state index in [1.165, 1.54) is 10.4 Å². The van der Waals surface area contributed by atoms with E-state index in [-0.39, 0.29) is 5.54 Å². The minimum Gasteiger partial charge on any atom is -0.493 e. The van der Waals surface area contributed by atoms with Gasteiger partial charge in [-0.1, -0.05) is 12.1 Å². The van der Waals surface area contributed by atoms with Gasteiger partial charge in [-0.2, -0.15) is 0 Å². The van der Waals surface area contributed by atoms with Crippen molar-refractivity contribution < 1.29 is 9.47 Å². The number of thiophene rings is 1. The van der Waals surface area contributed by atoms with Crippen LogP contribution < -0.4 is 15.2 Å². The predicted octanol–water partition coefficient (Wildman–Crippen LogP) is 3.66. The number of methoxy groups -OCH3 is 2. The Kier molecular flexibility index (Phi) is 5.26. The minimum absolute atomic E-state index is 0.233. The van der Waals surface area contributed by atoms with Crippen LogP contribution in [-0.2, 0) is 12.8 Å². The van der Waals surface area contributed by atoms with E-state index in [0.717, 1.165) is 30.8 Å². The second-order valence-electron chi connectivity index (χ2n) is 5.60. The quantitative estimate of drug-likeness (QED) is 0.849. The van der Waals surface area contributed by atoms with Gasteiger partial charge in [-0.25, -0.2) is 0 Å². The van der Waals surface area contributed by atoms with E-state index in [9.17, 15) is 0 Å². The van der Waals surface area contributed by atoms with Gasteiger partial charge in [-0.3, -0.25) is 0 Å². The van der Waals surface area contributed by atoms with E-state index < -0.39 is 0 Å². The highest BCUT2D eigenvalue weighted by Crippen LogP contribution is 2.29. The molecule has 21 heavy (non-hydrogen) atoms. The Bertz CT molecular complexity index is 564. The highest BCUT2D eigenvalue weighted by Gasteiger charge is 2.20. The van der Waals surface area contributed by atoms with Gasteiger partial charge in [0.1, 0.15) is 0 Å². The Balaban J connectivity index is 2.01. The molecule has 1 aromatic heterocycles. The van der Waals surface area contributed by atoms with Gasteiger partial charge in [0, 0.05) is 10.4 Å². The van der Waals surface area contributed by atoms with Gasteiger partial charge in [0.25, 0.3) is 0 Å². The zero-order chi connectivity index (χ0) is 15.3. The van der Waals surface area contributed by atoms with Crippen molar-refractivity contribution >= 4 is 11.3 Å². The van der Waals surface area contributed by atoms with E-state index >= 15 is 0 Å². The molecule has 0 amide bonds. The highest BCUT2D eigenvalue weighted by atomic mass is 32.1. The summed E-state index contributed by atoms with van der Waals surface area (Å²) in [5.74, 6) is 1.50. The van der Waals surface area contributed by atoms with Crippen LogP contribution in [0.2, 0.25) is 0 Å². The van der Waals surface area contributed by atoms with E-state index in [0.29, 0.717) is 0 Å². The molecule has 0 fully saturated rings. The summed E-state index contributed by atoms with van der Waals surface area (Å²) >= 11 is 1.79. The van der Waals surface area contributed by atoms with Crippen LogP contribution in [0, 0.1) is 0 Å². The van der Waals surface area contributed by atoms with Crippen LogP contribution in [0.5, 0.6) is 11.5 Å². The maximum atomic E-state index is 6.46. The lowest BCUT2D eigenvalue weighted by atomic mass is 9.89. The Morgan fingerprint density at radius 2 is 1.90 bits per heavy atom. The first-order valence-corrected chi connectivity index (χ1v) is 7.94. The molecule has 0 saturated carbocycles. The zero-order valence-corrected chi connectivity index (χ0v) is 13.7. The van der Waals surface area contributed by atoms with Gasteiger partial charge >= 0.3 is 0 Å². The van der Waals surface area contributed by atoms with Gasteiger partial charge in [-0.05, 0) is 55.3 Å². The van der Waals surface area contributed by atoms with Crippen LogP contribution in [0.3, 0.4) is 0 Å². The first-order chi connectivity index (χ1) is 10.0. The molecule has 0 radical (unpaired) electrons. The van der Waals surface area contributed by atoms with E-state index in [4.69, 9.17) is 15.2 Å². The summed E-state index contributed by atoms with van der Waals surface area (Å²) in [5.41, 5.74) is 7.40. The van der Waals surface area contributed by atoms with Crippen molar-refractivity contribution in [2.45, 2.75) is 31.7 Å². The molecule has 4 heteroatoms. The maximum absolute atomic E-state index is 6.46. The third kappa shape index (κ3) is 4.48. The molecular weight excluding hydrogens is 282 g/mol. The lowest BCUT2D eigenvalue weighted by molar-refractivity contribution is 0.353. The van der Waals surface area contributed by atoms with Crippen LogP contribution in [0.1, 0.15) is 23.8 Å². The summed E-state index contributed by atoms with van der Waals surface area (Å²) in [4.78, 5) is 1.39. The molecule has 1 atom stereocenters. The Morgan fingerprint density at radius 1 is 1.14 bits per heavy atom. The number of aryl methyl sites for hydroxylation is 1. The Morgan fingerprint density at radius 3 is 2.52 bits per heavy atom. The topological polar surface area (TPSA) is 44.5 Å². The molecule has 0 saturated heterocycles. The molecule has 0 aliphatic heterocycles. The van der Waals surface area contributed by atoms with Gasteiger partial charge in [-0.15, -0.1) is 11.3 Å². The number of hydrogen-bond donors (Lipinski definition) is 1. The molecule has 0 aliphatic carbocycles. The molecule has 2 aromatic rings. The van der Waals surface area contributed by atoms with Crippen LogP contribution in [0.15, 0.2) is 35.7 Å². The molecule has 0 spiro atoms. The van der Waals surface area contributed by atoms with Crippen molar-refractivity contribution in [1.82, 2.24) is 0 Å². The molecule has 1 unspecified atom stereocenters. The largest absolute Gasteiger partial charge is 0.493 e. The third-order valence-corrected chi connectivity index (χ3v) is 4.51. The standard InChI is InChI=1S/C17H23NO2S/c1-17(18,9-8-14-5-4-10-21-14)12-13-6-7-15(19-2)16(11-13)20-3/h4-7,10-11H,8-9,12,18H2,1-3H3. The number of rotatable bonds is 7. The molecule has 1 heterocycles. The summed E-state index contributed by atoms with van der Waals surface area (Å²) in [5, 5.41) is 2.11. The van der Waals surface area contributed by atoms with E-state index in [1.54, 1.807) is 25.6 Å². The van der Waals surface area contributed by atoms with Gasteiger partial charge in [0.2, 0.25) is 0 Å². The van der Waals surface area contributed by atoms with Crippen molar-refractivity contribution in [3.05, 3.63) is 46.2 Å². The second kappa shape index (κ2) is 6.96. The number of nitrogens with two attached hydrogens (primary N) is 1. The van der Waals surface area contributed by atoms with Crippen LogP contribution in [0.25, 0.3) is 0 Å². The normalized spacial score (nSPS) is 13.7. The molecule has 0 bridgehead atoms. The summed E-state index contributed by atoms with van der Waals surface area (Å²) in [6.07, 6.45) is 2.80. The highest BCUT2D eigenvalue weighted by molar-refractivity contribution is 7.09. The van der Waals surface area contributed by atoms with Crippen LogP contribution in [0.4, 0.5) is 0 Å². The molecule has 3 nitrogen and oxygen atoms in total. The van der Waals surface area contributed by atoms with Gasteiger partial charge in [0.05, 0.1) is 14.2 Å². The number of hydrogen-bond acceptors (Lipinski definition) is 4.